The zero-order valence-electron chi connectivity index (χ0n) is 19.7. The summed E-state index contributed by atoms with van der Waals surface area (Å²) >= 11 is 0. The summed E-state index contributed by atoms with van der Waals surface area (Å²) in [6, 6.07) is 14.3. The van der Waals surface area contributed by atoms with Crippen LogP contribution in [0.25, 0.3) is 11.3 Å². The SMILES string of the molecule is COc1ccc(C(=O)N2CCCCCC2)cc1NC(=O)C(=O)NCc1ccc(-c2ccn[nH]2)cc1. The molecule has 3 N–H and O–H groups in total. The van der Waals surface area contributed by atoms with E-state index in [-0.39, 0.29) is 18.1 Å². The van der Waals surface area contributed by atoms with Gasteiger partial charge in [-0.05, 0) is 48.2 Å². The van der Waals surface area contributed by atoms with Crippen molar-refractivity contribution < 1.29 is 19.1 Å². The van der Waals surface area contributed by atoms with Gasteiger partial charge < -0.3 is 20.3 Å². The fourth-order valence-corrected chi connectivity index (χ4v) is 4.06. The van der Waals surface area contributed by atoms with Crippen LogP contribution < -0.4 is 15.4 Å². The quantitative estimate of drug-likeness (QED) is 0.473. The van der Waals surface area contributed by atoms with E-state index in [9.17, 15) is 14.4 Å². The molecule has 3 amide bonds. The number of nitrogens with zero attached hydrogens (tertiary/aromatic N) is 2. The number of aromatic amines is 1. The second-order valence-electron chi connectivity index (χ2n) is 8.43. The fraction of sp³-hybridized carbons (Fsp3) is 0.308. The molecular weight excluding hydrogens is 446 g/mol. The number of aromatic nitrogens is 2. The van der Waals surface area contributed by atoms with Crippen LogP contribution in [0, 0.1) is 0 Å². The summed E-state index contributed by atoms with van der Waals surface area (Å²) in [5.74, 6) is -1.34. The summed E-state index contributed by atoms with van der Waals surface area (Å²) in [5, 5.41) is 12.0. The van der Waals surface area contributed by atoms with Crippen molar-refractivity contribution in [3.05, 3.63) is 65.9 Å². The van der Waals surface area contributed by atoms with E-state index < -0.39 is 11.8 Å². The first-order valence-corrected chi connectivity index (χ1v) is 11.7. The Hall–Kier alpha value is -4.14. The lowest BCUT2D eigenvalue weighted by molar-refractivity contribution is -0.136. The number of amides is 3. The lowest BCUT2D eigenvalue weighted by atomic mass is 10.1. The van der Waals surface area contributed by atoms with Crippen LogP contribution in [0.1, 0.15) is 41.6 Å². The smallest absolute Gasteiger partial charge is 0.313 e. The first-order valence-electron chi connectivity index (χ1n) is 11.7. The summed E-state index contributed by atoms with van der Waals surface area (Å²) in [4.78, 5) is 39.8. The lowest BCUT2D eigenvalue weighted by Gasteiger charge is -2.21. The zero-order valence-corrected chi connectivity index (χ0v) is 19.7. The van der Waals surface area contributed by atoms with E-state index in [2.05, 4.69) is 20.8 Å². The van der Waals surface area contributed by atoms with Gasteiger partial charge in [-0.3, -0.25) is 19.5 Å². The number of anilines is 1. The minimum Gasteiger partial charge on any atom is -0.495 e. The normalized spacial score (nSPS) is 13.6. The number of likely N-dealkylation sites (tertiary alicyclic amines) is 1. The second kappa shape index (κ2) is 11.3. The molecule has 0 radical (unpaired) electrons. The molecule has 0 bridgehead atoms. The molecular formula is C26H29N5O4. The molecule has 1 saturated heterocycles. The number of rotatable bonds is 6. The number of hydrogen-bond donors (Lipinski definition) is 3. The third-order valence-electron chi connectivity index (χ3n) is 6.01. The number of benzene rings is 2. The predicted octanol–water partition coefficient (Wildman–Crippen LogP) is 3.36. The van der Waals surface area contributed by atoms with Crippen LogP contribution in [0.3, 0.4) is 0 Å². The molecule has 0 aliphatic carbocycles. The van der Waals surface area contributed by atoms with Crippen molar-refractivity contribution in [1.82, 2.24) is 20.4 Å². The van der Waals surface area contributed by atoms with Crippen molar-refractivity contribution in [1.29, 1.82) is 0 Å². The second-order valence-corrected chi connectivity index (χ2v) is 8.43. The molecule has 0 atom stereocenters. The average Bonchev–Trinajstić information content (AvgIpc) is 3.29. The number of H-pyrrole nitrogens is 1. The van der Waals surface area contributed by atoms with Gasteiger partial charge >= 0.3 is 11.8 Å². The van der Waals surface area contributed by atoms with Gasteiger partial charge in [0.1, 0.15) is 5.75 Å². The highest BCUT2D eigenvalue weighted by atomic mass is 16.5. The van der Waals surface area contributed by atoms with E-state index in [0.717, 1.165) is 55.6 Å². The summed E-state index contributed by atoms with van der Waals surface area (Å²) < 4.78 is 5.32. The molecule has 1 fully saturated rings. The first kappa shape index (κ1) is 24.0. The van der Waals surface area contributed by atoms with Gasteiger partial charge in [-0.2, -0.15) is 5.10 Å². The highest BCUT2D eigenvalue weighted by Gasteiger charge is 2.21. The van der Waals surface area contributed by atoms with Crippen LogP contribution >= 0.6 is 0 Å². The molecule has 9 heteroatoms. The third-order valence-corrected chi connectivity index (χ3v) is 6.01. The Morgan fingerprint density at radius 3 is 2.37 bits per heavy atom. The Kier molecular flexibility index (Phi) is 7.77. The van der Waals surface area contributed by atoms with E-state index in [1.807, 2.05) is 35.2 Å². The van der Waals surface area contributed by atoms with Crippen molar-refractivity contribution in [3.63, 3.8) is 0 Å². The minimum atomic E-state index is -0.836. The van der Waals surface area contributed by atoms with Crippen LogP contribution in [0.15, 0.2) is 54.7 Å². The standard InChI is InChI=1S/C26H29N5O4/c1-35-23-11-10-20(26(34)31-14-4-2-3-5-15-31)16-22(23)29-25(33)24(32)27-17-18-6-8-19(9-7-18)21-12-13-28-30-21/h6-13,16H,2-5,14-15,17H2,1H3,(H,27,32)(H,28,30)(H,29,33). The Balaban J connectivity index is 1.37. The molecule has 1 aliphatic heterocycles. The highest BCUT2D eigenvalue weighted by molar-refractivity contribution is 6.39. The molecule has 2 heterocycles. The summed E-state index contributed by atoms with van der Waals surface area (Å²) in [6.45, 7) is 1.63. The maximum atomic E-state index is 13.0. The molecule has 35 heavy (non-hydrogen) atoms. The zero-order chi connectivity index (χ0) is 24.6. The number of hydrogen-bond acceptors (Lipinski definition) is 5. The summed E-state index contributed by atoms with van der Waals surface area (Å²) in [7, 11) is 1.47. The Morgan fingerprint density at radius 2 is 1.71 bits per heavy atom. The molecule has 182 valence electrons. The van der Waals surface area contributed by atoms with Crippen LogP contribution in [0.2, 0.25) is 0 Å². The highest BCUT2D eigenvalue weighted by Crippen LogP contribution is 2.27. The van der Waals surface area contributed by atoms with Gasteiger partial charge in [0.05, 0.1) is 18.5 Å². The fourth-order valence-electron chi connectivity index (χ4n) is 4.06. The van der Waals surface area contributed by atoms with Gasteiger partial charge in [0.15, 0.2) is 0 Å². The minimum absolute atomic E-state index is 0.0897. The Morgan fingerprint density at radius 1 is 0.971 bits per heavy atom. The number of ether oxygens (including phenoxy) is 1. The van der Waals surface area contributed by atoms with Gasteiger partial charge in [-0.15, -0.1) is 0 Å². The molecule has 0 saturated carbocycles. The van der Waals surface area contributed by atoms with Gasteiger partial charge in [-0.1, -0.05) is 37.1 Å². The van der Waals surface area contributed by atoms with Crippen LogP contribution in [0.5, 0.6) is 5.75 Å². The number of carbonyl (C=O) groups excluding carboxylic acids is 3. The summed E-state index contributed by atoms with van der Waals surface area (Å²) in [6.07, 6.45) is 5.89. The van der Waals surface area contributed by atoms with Crippen molar-refractivity contribution >= 4 is 23.4 Å². The maximum absolute atomic E-state index is 13.0. The molecule has 0 spiro atoms. The topological polar surface area (TPSA) is 116 Å². The van der Waals surface area contributed by atoms with E-state index in [1.165, 1.54) is 7.11 Å². The van der Waals surface area contributed by atoms with Gasteiger partial charge in [-0.25, -0.2) is 0 Å². The van der Waals surface area contributed by atoms with Crippen LogP contribution in [0.4, 0.5) is 5.69 Å². The predicted molar refractivity (Wildman–Crippen MR) is 132 cm³/mol. The molecule has 9 nitrogen and oxygen atoms in total. The van der Waals surface area contributed by atoms with E-state index >= 15 is 0 Å². The summed E-state index contributed by atoms with van der Waals surface area (Å²) in [5.41, 5.74) is 3.43. The largest absolute Gasteiger partial charge is 0.495 e. The monoisotopic (exact) mass is 475 g/mol. The van der Waals surface area contributed by atoms with Crippen molar-refractivity contribution in [3.8, 4) is 17.0 Å². The Labute approximate surface area is 203 Å². The molecule has 1 aromatic heterocycles. The molecule has 3 aromatic rings. The van der Waals surface area contributed by atoms with Crippen LogP contribution in [-0.2, 0) is 16.1 Å². The molecule has 4 rings (SSSR count). The van der Waals surface area contributed by atoms with E-state index in [4.69, 9.17) is 4.74 Å². The van der Waals surface area contributed by atoms with Gasteiger partial charge in [0, 0.05) is 31.4 Å². The number of nitrogens with one attached hydrogen (secondary N) is 3. The number of carbonyl (C=O) groups is 3. The molecule has 0 unspecified atom stereocenters. The Bertz CT molecular complexity index is 1170. The van der Waals surface area contributed by atoms with Crippen molar-refractivity contribution in [2.45, 2.75) is 32.2 Å². The molecule has 2 aromatic carbocycles. The van der Waals surface area contributed by atoms with Crippen molar-refractivity contribution in [2.24, 2.45) is 0 Å². The third kappa shape index (κ3) is 6.06. The molecule has 1 aliphatic rings. The maximum Gasteiger partial charge on any atom is 0.313 e. The lowest BCUT2D eigenvalue weighted by Crippen LogP contribution is -2.35. The average molecular weight is 476 g/mol. The van der Waals surface area contributed by atoms with Gasteiger partial charge in [0.25, 0.3) is 5.91 Å². The van der Waals surface area contributed by atoms with Crippen LogP contribution in [-0.4, -0.2) is 53.0 Å². The van der Waals surface area contributed by atoms with E-state index in [1.54, 1.807) is 24.4 Å². The van der Waals surface area contributed by atoms with E-state index in [0.29, 0.717) is 11.3 Å². The number of methoxy groups -OCH3 is 1. The first-order chi connectivity index (χ1) is 17.0. The van der Waals surface area contributed by atoms with Crippen molar-refractivity contribution in [2.75, 3.05) is 25.5 Å². The van der Waals surface area contributed by atoms with Gasteiger partial charge in [0.2, 0.25) is 0 Å².